The van der Waals surface area contributed by atoms with Gasteiger partial charge in [0.1, 0.15) is 18.0 Å². The van der Waals surface area contributed by atoms with Crippen LogP contribution in [0, 0.1) is 0 Å². The lowest BCUT2D eigenvalue weighted by molar-refractivity contribution is -0.137. The molecule has 16 heavy (non-hydrogen) atoms. The largest absolute Gasteiger partial charge is 0.416 e. The Balaban J connectivity index is 2.53. The van der Waals surface area contributed by atoms with Crippen LogP contribution in [0.5, 0.6) is 0 Å². The number of nitrogens with zero attached hydrogens (tertiary/aromatic N) is 3. The van der Waals surface area contributed by atoms with Gasteiger partial charge < -0.3 is 5.73 Å². The van der Waals surface area contributed by atoms with Crippen molar-refractivity contribution in [3.63, 3.8) is 0 Å². The molecule has 0 saturated heterocycles. The molecule has 2 heterocycles. The van der Waals surface area contributed by atoms with Gasteiger partial charge in [-0.3, -0.25) is 4.57 Å². The van der Waals surface area contributed by atoms with Crippen LogP contribution in [0.3, 0.4) is 0 Å². The Bertz CT molecular complexity index is 490. The van der Waals surface area contributed by atoms with Crippen molar-refractivity contribution in [3.8, 4) is 5.82 Å². The van der Waals surface area contributed by atoms with Gasteiger partial charge in [-0.1, -0.05) is 0 Å². The van der Waals surface area contributed by atoms with Crippen LogP contribution in [-0.2, 0) is 6.18 Å². The Morgan fingerprint density at radius 1 is 1.25 bits per heavy atom. The van der Waals surface area contributed by atoms with E-state index in [4.69, 9.17) is 5.73 Å². The molecule has 4 nitrogen and oxygen atoms in total. The Labute approximate surface area is 88.5 Å². The zero-order valence-electron chi connectivity index (χ0n) is 7.94. The molecule has 0 atom stereocenters. The predicted octanol–water partition coefficient (Wildman–Crippen LogP) is 1.87. The van der Waals surface area contributed by atoms with Gasteiger partial charge in [0.2, 0.25) is 0 Å². The van der Waals surface area contributed by atoms with Crippen molar-refractivity contribution in [2.75, 3.05) is 5.73 Å². The fourth-order valence-corrected chi connectivity index (χ4v) is 1.23. The fourth-order valence-electron chi connectivity index (χ4n) is 1.23. The van der Waals surface area contributed by atoms with E-state index >= 15 is 0 Å². The first-order valence-corrected chi connectivity index (χ1v) is 4.30. The quantitative estimate of drug-likeness (QED) is 0.810. The molecule has 0 aliphatic heterocycles. The number of imidazole rings is 1. The standard InChI is InChI=1S/C9H7F3N4/c10-9(11,12)6-3-7(13)15-8(4-6)16-2-1-14-5-16/h1-5H,(H2,13,15). The van der Waals surface area contributed by atoms with Crippen molar-refractivity contribution in [3.05, 3.63) is 36.4 Å². The summed E-state index contributed by atoms with van der Waals surface area (Å²) in [6.07, 6.45) is -0.158. The first-order valence-electron chi connectivity index (χ1n) is 4.30. The van der Waals surface area contributed by atoms with Crippen LogP contribution in [0.4, 0.5) is 19.0 Å². The molecule has 0 amide bonds. The van der Waals surface area contributed by atoms with Crippen molar-refractivity contribution in [2.45, 2.75) is 6.18 Å². The highest BCUT2D eigenvalue weighted by atomic mass is 19.4. The van der Waals surface area contributed by atoms with Crippen molar-refractivity contribution in [2.24, 2.45) is 0 Å². The van der Waals surface area contributed by atoms with Crippen molar-refractivity contribution in [1.29, 1.82) is 0 Å². The number of anilines is 1. The zero-order chi connectivity index (χ0) is 11.8. The smallest absolute Gasteiger partial charge is 0.384 e. The van der Waals surface area contributed by atoms with E-state index < -0.39 is 11.7 Å². The number of hydrogen-bond acceptors (Lipinski definition) is 3. The Hall–Kier alpha value is -2.05. The molecular formula is C9H7F3N4. The van der Waals surface area contributed by atoms with Gasteiger partial charge in [-0.15, -0.1) is 0 Å². The molecule has 2 rings (SSSR count). The van der Waals surface area contributed by atoms with E-state index in [9.17, 15) is 13.2 Å². The van der Waals surface area contributed by atoms with Gasteiger partial charge in [0, 0.05) is 12.4 Å². The van der Waals surface area contributed by atoms with E-state index in [0.717, 1.165) is 12.1 Å². The highest BCUT2D eigenvalue weighted by Crippen LogP contribution is 2.30. The van der Waals surface area contributed by atoms with E-state index in [0.29, 0.717) is 0 Å². The number of nitrogens with two attached hydrogens (primary N) is 1. The first-order chi connectivity index (χ1) is 7.47. The van der Waals surface area contributed by atoms with Crippen LogP contribution in [0.15, 0.2) is 30.9 Å². The van der Waals surface area contributed by atoms with Crippen LogP contribution < -0.4 is 5.73 Å². The molecule has 2 aromatic heterocycles. The van der Waals surface area contributed by atoms with Gasteiger partial charge in [0.15, 0.2) is 0 Å². The number of hydrogen-bond donors (Lipinski definition) is 1. The molecule has 0 aliphatic carbocycles. The average Bonchev–Trinajstić information content (AvgIpc) is 2.68. The third-order valence-corrected chi connectivity index (χ3v) is 1.93. The highest BCUT2D eigenvalue weighted by molar-refractivity contribution is 5.41. The van der Waals surface area contributed by atoms with E-state index in [1.807, 2.05) is 0 Å². The lowest BCUT2D eigenvalue weighted by atomic mass is 10.2. The van der Waals surface area contributed by atoms with Crippen LogP contribution in [-0.4, -0.2) is 14.5 Å². The van der Waals surface area contributed by atoms with Gasteiger partial charge in [-0.05, 0) is 12.1 Å². The summed E-state index contributed by atoms with van der Waals surface area (Å²) in [5, 5.41) is 0. The van der Waals surface area contributed by atoms with E-state index in [-0.39, 0.29) is 11.6 Å². The summed E-state index contributed by atoms with van der Waals surface area (Å²) in [6, 6.07) is 1.71. The summed E-state index contributed by atoms with van der Waals surface area (Å²) in [7, 11) is 0. The molecule has 0 unspecified atom stereocenters. The molecule has 2 N–H and O–H groups in total. The predicted molar refractivity (Wildman–Crippen MR) is 50.8 cm³/mol. The molecular weight excluding hydrogens is 221 g/mol. The third kappa shape index (κ3) is 1.97. The van der Waals surface area contributed by atoms with E-state index in [1.54, 1.807) is 0 Å². The second kappa shape index (κ2) is 3.51. The van der Waals surface area contributed by atoms with Gasteiger partial charge in [-0.25, -0.2) is 9.97 Å². The van der Waals surface area contributed by atoms with Crippen LogP contribution in [0.2, 0.25) is 0 Å². The molecule has 0 saturated carbocycles. The van der Waals surface area contributed by atoms with Crippen molar-refractivity contribution in [1.82, 2.24) is 14.5 Å². The SMILES string of the molecule is Nc1cc(C(F)(F)F)cc(-n2ccnc2)n1. The monoisotopic (exact) mass is 228 g/mol. The summed E-state index contributed by atoms with van der Waals surface area (Å²) in [5.41, 5.74) is 4.49. The third-order valence-electron chi connectivity index (χ3n) is 1.93. The van der Waals surface area contributed by atoms with Gasteiger partial charge in [0.25, 0.3) is 0 Å². The van der Waals surface area contributed by atoms with Crippen LogP contribution >= 0.6 is 0 Å². The molecule has 0 radical (unpaired) electrons. The fraction of sp³-hybridized carbons (Fsp3) is 0.111. The molecule has 84 valence electrons. The minimum atomic E-state index is -4.44. The number of nitrogen functional groups attached to an aromatic ring is 1. The summed E-state index contributed by atoms with van der Waals surface area (Å²) >= 11 is 0. The number of rotatable bonds is 1. The topological polar surface area (TPSA) is 56.7 Å². The molecule has 0 fully saturated rings. The summed E-state index contributed by atoms with van der Waals surface area (Å²) < 4.78 is 38.8. The minimum Gasteiger partial charge on any atom is -0.384 e. The van der Waals surface area contributed by atoms with Crippen molar-refractivity contribution < 1.29 is 13.2 Å². The van der Waals surface area contributed by atoms with Gasteiger partial charge >= 0.3 is 6.18 Å². The van der Waals surface area contributed by atoms with Gasteiger partial charge in [-0.2, -0.15) is 13.2 Å². The zero-order valence-corrected chi connectivity index (χ0v) is 7.94. The molecule has 0 bridgehead atoms. The Morgan fingerprint density at radius 2 is 2.00 bits per heavy atom. The minimum absolute atomic E-state index is 0.0878. The molecule has 0 aliphatic rings. The Kier molecular flexibility index (Phi) is 2.30. The lowest BCUT2D eigenvalue weighted by Gasteiger charge is -2.09. The molecule has 0 spiro atoms. The summed E-state index contributed by atoms with van der Waals surface area (Å²) in [5.74, 6) is -0.0941. The second-order valence-electron chi connectivity index (χ2n) is 3.11. The van der Waals surface area contributed by atoms with Crippen molar-refractivity contribution >= 4 is 5.82 Å². The highest BCUT2D eigenvalue weighted by Gasteiger charge is 2.31. The van der Waals surface area contributed by atoms with E-state index in [1.165, 1.54) is 23.3 Å². The maximum atomic E-state index is 12.5. The second-order valence-corrected chi connectivity index (χ2v) is 3.11. The lowest BCUT2D eigenvalue weighted by Crippen LogP contribution is -2.09. The van der Waals surface area contributed by atoms with Crippen LogP contribution in [0.1, 0.15) is 5.56 Å². The summed E-state index contributed by atoms with van der Waals surface area (Å²) in [4.78, 5) is 7.51. The maximum Gasteiger partial charge on any atom is 0.416 e. The Morgan fingerprint density at radius 3 is 2.56 bits per heavy atom. The first kappa shape index (κ1) is 10.5. The molecule has 0 aromatic carbocycles. The number of pyridine rings is 1. The normalized spacial score (nSPS) is 11.7. The number of alkyl halides is 3. The van der Waals surface area contributed by atoms with Gasteiger partial charge in [0.05, 0.1) is 5.56 Å². The maximum absolute atomic E-state index is 12.5. The summed E-state index contributed by atoms with van der Waals surface area (Å²) in [6.45, 7) is 0. The number of halogens is 3. The average molecular weight is 228 g/mol. The molecule has 7 heteroatoms. The van der Waals surface area contributed by atoms with E-state index in [2.05, 4.69) is 9.97 Å². The van der Waals surface area contributed by atoms with Crippen LogP contribution in [0.25, 0.3) is 5.82 Å². The molecule has 2 aromatic rings. The number of aromatic nitrogens is 3.